The van der Waals surface area contributed by atoms with E-state index in [1.54, 1.807) is 0 Å². The Morgan fingerprint density at radius 3 is 2.76 bits per heavy atom. The lowest BCUT2D eigenvalue weighted by molar-refractivity contribution is 0.255. The van der Waals surface area contributed by atoms with Crippen molar-refractivity contribution < 1.29 is 4.52 Å². The first-order chi connectivity index (χ1) is 10.2. The molecular weight excluding hydrogens is 288 g/mol. The molecule has 2 N–H and O–H groups in total. The van der Waals surface area contributed by atoms with E-state index in [9.17, 15) is 0 Å². The smallest absolute Gasteiger partial charge is 0.240 e. The molecule has 0 unspecified atom stereocenters. The number of rotatable bonds is 3. The third-order valence-electron chi connectivity index (χ3n) is 4.06. The molecule has 0 bridgehead atoms. The Bertz CT molecular complexity index is 620. The molecule has 6 heteroatoms. The van der Waals surface area contributed by atoms with Crippen molar-refractivity contribution >= 4 is 11.6 Å². The maximum atomic E-state index is 6.47. The second kappa shape index (κ2) is 6.13. The molecular formula is C15H19ClN4O. The number of hydrogen-bond donors (Lipinski definition) is 1. The molecule has 0 amide bonds. The Labute approximate surface area is 129 Å². The van der Waals surface area contributed by atoms with Gasteiger partial charge in [0.2, 0.25) is 11.7 Å². The minimum absolute atomic E-state index is 0.244. The van der Waals surface area contributed by atoms with Crippen LogP contribution in [0.3, 0.4) is 0 Å². The predicted molar refractivity (Wildman–Crippen MR) is 82.1 cm³/mol. The van der Waals surface area contributed by atoms with Crippen LogP contribution in [0, 0.1) is 0 Å². The Balaban J connectivity index is 1.82. The summed E-state index contributed by atoms with van der Waals surface area (Å²) >= 11 is 6.47. The zero-order chi connectivity index (χ0) is 14.8. The number of piperidine rings is 1. The van der Waals surface area contributed by atoms with E-state index in [1.165, 1.54) is 5.56 Å². The highest BCUT2D eigenvalue weighted by Crippen LogP contribution is 2.34. The molecule has 5 nitrogen and oxygen atoms in total. The Kier molecular flexibility index (Phi) is 4.24. The topological polar surface area (TPSA) is 68.2 Å². The van der Waals surface area contributed by atoms with Gasteiger partial charge < -0.3 is 15.2 Å². The van der Waals surface area contributed by atoms with Crippen molar-refractivity contribution in [1.29, 1.82) is 0 Å². The van der Waals surface area contributed by atoms with Crippen molar-refractivity contribution in [1.82, 2.24) is 15.0 Å². The van der Waals surface area contributed by atoms with E-state index < -0.39 is 0 Å². The normalized spacial score (nSPS) is 17.3. The van der Waals surface area contributed by atoms with E-state index in [0.29, 0.717) is 17.6 Å². The van der Waals surface area contributed by atoms with Crippen molar-refractivity contribution in [2.75, 3.05) is 20.1 Å². The number of nitrogens with zero attached hydrogens (tertiary/aromatic N) is 3. The van der Waals surface area contributed by atoms with E-state index in [-0.39, 0.29) is 6.54 Å². The highest BCUT2D eigenvalue weighted by atomic mass is 35.5. The molecule has 1 aromatic heterocycles. The van der Waals surface area contributed by atoms with Crippen LogP contribution in [0.4, 0.5) is 0 Å². The molecule has 1 aliphatic rings. The lowest BCUT2D eigenvalue weighted by Crippen LogP contribution is -2.29. The largest absolute Gasteiger partial charge is 0.338 e. The molecule has 2 heterocycles. The lowest BCUT2D eigenvalue weighted by Gasteiger charge is -2.29. The number of aromatic nitrogens is 2. The Hall–Kier alpha value is -1.43. The third kappa shape index (κ3) is 3.10. The van der Waals surface area contributed by atoms with E-state index in [2.05, 4.69) is 28.2 Å². The minimum Gasteiger partial charge on any atom is -0.338 e. The van der Waals surface area contributed by atoms with Crippen LogP contribution in [0.2, 0.25) is 5.02 Å². The molecule has 0 aliphatic carbocycles. The SMILES string of the molecule is CN1CCC(c2ccc(-c3noc(CN)n3)cc2Cl)CC1. The van der Waals surface area contributed by atoms with Gasteiger partial charge in [0.15, 0.2) is 0 Å². The van der Waals surface area contributed by atoms with Gasteiger partial charge in [-0.05, 0) is 50.5 Å². The van der Waals surface area contributed by atoms with Crippen molar-refractivity contribution in [2.45, 2.75) is 25.3 Å². The van der Waals surface area contributed by atoms with Gasteiger partial charge in [-0.15, -0.1) is 0 Å². The molecule has 2 aromatic rings. The zero-order valence-electron chi connectivity index (χ0n) is 12.1. The average Bonchev–Trinajstić information content (AvgIpc) is 2.97. The first-order valence-electron chi connectivity index (χ1n) is 7.18. The van der Waals surface area contributed by atoms with Gasteiger partial charge >= 0.3 is 0 Å². The van der Waals surface area contributed by atoms with Crippen LogP contribution in [0.15, 0.2) is 22.7 Å². The molecule has 0 radical (unpaired) electrons. The van der Waals surface area contributed by atoms with Gasteiger partial charge in [0.1, 0.15) is 0 Å². The second-order valence-electron chi connectivity index (χ2n) is 5.53. The molecule has 1 aromatic carbocycles. The maximum Gasteiger partial charge on any atom is 0.240 e. The summed E-state index contributed by atoms with van der Waals surface area (Å²) in [6, 6.07) is 6.01. The Morgan fingerprint density at radius 1 is 1.38 bits per heavy atom. The molecule has 21 heavy (non-hydrogen) atoms. The number of halogens is 1. The fourth-order valence-corrected chi connectivity index (χ4v) is 3.11. The van der Waals surface area contributed by atoms with Crippen LogP contribution in [0.5, 0.6) is 0 Å². The molecule has 0 atom stereocenters. The van der Waals surface area contributed by atoms with Crippen LogP contribution in [-0.2, 0) is 6.54 Å². The quantitative estimate of drug-likeness (QED) is 0.944. The molecule has 0 spiro atoms. The summed E-state index contributed by atoms with van der Waals surface area (Å²) in [6.45, 7) is 2.48. The monoisotopic (exact) mass is 306 g/mol. The third-order valence-corrected chi connectivity index (χ3v) is 4.39. The molecule has 1 saturated heterocycles. The van der Waals surface area contributed by atoms with Gasteiger partial charge in [0.05, 0.1) is 6.54 Å². The van der Waals surface area contributed by atoms with Gasteiger partial charge in [0, 0.05) is 10.6 Å². The lowest BCUT2D eigenvalue weighted by atomic mass is 9.89. The van der Waals surface area contributed by atoms with Gasteiger partial charge in [-0.2, -0.15) is 4.98 Å². The number of benzene rings is 1. The first-order valence-corrected chi connectivity index (χ1v) is 7.56. The van der Waals surface area contributed by atoms with Crippen molar-refractivity contribution in [2.24, 2.45) is 5.73 Å². The number of likely N-dealkylation sites (tertiary alicyclic amines) is 1. The highest BCUT2D eigenvalue weighted by Gasteiger charge is 2.21. The van der Waals surface area contributed by atoms with E-state index in [0.717, 1.165) is 36.5 Å². The second-order valence-corrected chi connectivity index (χ2v) is 5.94. The molecule has 3 rings (SSSR count). The van der Waals surface area contributed by atoms with Crippen molar-refractivity contribution in [3.05, 3.63) is 34.7 Å². The van der Waals surface area contributed by atoms with Crippen LogP contribution < -0.4 is 5.73 Å². The van der Waals surface area contributed by atoms with Crippen LogP contribution in [0.1, 0.15) is 30.2 Å². The standard InChI is InChI=1S/C15H19ClN4O/c1-20-6-4-10(5-7-20)12-3-2-11(8-13(12)16)15-18-14(9-17)21-19-15/h2-3,8,10H,4-7,9,17H2,1H3. The van der Waals surface area contributed by atoms with Crippen LogP contribution in [-0.4, -0.2) is 35.2 Å². The summed E-state index contributed by atoms with van der Waals surface area (Å²) in [5.41, 5.74) is 7.56. The van der Waals surface area contributed by atoms with E-state index in [1.807, 2.05) is 12.1 Å². The summed E-state index contributed by atoms with van der Waals surface area (Å²) in [7, 11) is 2.16. The molecule has 112 valence electrons. The van der Waals surface area contributed by atoms with E-state index >= 15 is 0 Å². The summed E-state index contributed by atoms with van der Waals surface area (Å²) in [5.74, 6) is 1.50. The van der Waals surface area contributed by atoms with Crippen LogP contribution >= 0.6 is 11.6 Å². The van der Waals surface area contributed by atoms with Crippen molar-refractivity contribution in [3.8, 4) is 11.4 Å². The zero-order valence-corrected chi connectivity index (χ0v) is 12.8. The van der Waals surface area contributed by atoms with Gasteiger partial charge in [-0.25, -0.2) is 0 Å². The average molecular weight is 307 g/mol. The summed E-state index contributed by atoms with van der Waals surface area (Å²) in [4.78, 5) is 6.58. The molecule has 1 fully saturated rings. The van der Waals surface area contributed by atoms with Gasteiger partial charge in [-0.1, -0.05) is 28.9 Å². The number of nitrogens with two attached hydrogens (primary N) is 1. The van der Waals surface area contributed by atoms with Gasteiger partial charge in [-0.3, -0.25) is 0 Å². The van der Waals surface area contributed by atoms with Crippen LogP contribution in [0.25, 0.3) is 11.4 Å². The summed E-state index contributed by atoms with van der Waals surface area (Å²) in [5, 5.41) is 4.70. The first kappa shape index (κ1) is 14.5. The van der Waals surface area contributed by atoms with Gasteiger partial charge in [0.25, 0.3) is 0 Å². The summed E-state index contributed by atoms with van der Waals surface area (Å²) in [6.07, 6.45) is 2.30. The predicted octanol–water partition coefficient (Wildman–Crippen LogP) is 2.66. The number of hydrogen-bond acceptors (Lipinski definition) is 5. The Morgan fingerprint density at radius 2 is 2.14 bits per heavy atom. The summed E-state index contributed by atoms with van der Waals surface area (Å²) < 4.78 is 5.03. The highest BCUT2D eigenvalue weighted by molar-refractivity contribution is 6.31. The molecule has 1 aliphatic heterocycles. The van der Waals surface area contributed by atoms with E-state index in [4.69, 9.17) is 21.9 Å². The fraction of sp³-hybridized carbons (Fsp3) is 0.467. The minimum atomic E-state index is 0.244. The maximum absolute atomic E-state index is 6.47. The fourth-order valence-electron chi connectivity index (χ4n) is 2.77. The van der Waals surface area contributed by atoms with Crippen molar-refractivity contribution in [3.63, 3.8) is 0 Å². The molecule has 0 saturated carbocycles.